The molecular weight excluding hydrogens is 320 g/mol. The number of methoxy groups -OCH3 is 2. The van der Waals surface area contributed by atoms with Crippen LogP contribution in [-0.2, 0) is 14.8 Å². The average molecular weight is 344 g/mol. The highest BCUT2D eigenvalue weighted by Crippen LogP contribution is 2.29. The Hall–Kier alpha value is -1.80. The van der Waals surface area contributed by atoms with E-state index in [9.17, 15) is 13.2 Å². The van der Waals surface area contributed by atoms with Crippen molar-refractivity contribution < 1.29 is 22.7 Å². The van der Waals surface area contributed by atoms with Crippen molar-refractivity contribution in [2.24, 2.45) is 0 Å². The molecule has 0 aliphatic carbocycles. The summed E-state index contributed by atoms with van der Waals surface area (Å²) >= 11 is 0. The number of carbonyl (C=O) groups is 1. The molecule has 1 aromatic carbocycles. The fourth-order valence-electron chi connectivity index (χ4n) is 1.88. The SMILES string of the molecule is CCCCNC(=O)[C@@H](C)NS(=O)(=O)c1ccc(OC)c(OC)c1. The minimum Gasteiger partial charge on any atom is -0.493 e. The molecule has 2 N–H and O–H groups in total. The number of benzene rings is 1. The molecule has 1 atom stereocenters. The Labute approximate surface area is 137 Å². The van der Waals surface area contributed by atoms with Gasteiger partial charge in [-0.2, -0.15) is 4.72 Å². The minimum absolute atomic E-state index is 0.00311. The summed E-state index contributed by atoms with van der Waals surface area (Å²) in [7, 11) is -0.952. The average Bonchev–Trinajstić information content (AvgIpc) is 2.53. The number of sulfonamides is 1. The maximum Gasteiger partial charge on any atom is 0.241 e. The first-order chi connectivity index (χ1) is 10.9. The van der Waals surface area contributed by atoms with Gasteiger partial charge in [0.25, 0.3) is 0 Å². The lowest BCUT2D eigenvalue weighted by Crippen LogP contribution is -2.44. The summed E-state index contributed by atoms with van der Waals surface area (Å²) in [6.45, 7) is 4.03. The highest BCUT2D eigenvalue weighted by molar-refractivity contribution is 7.89. The highest BCUT2D eigenvalue weighted by Gasteiger charge is 2.23. The number of hydrogen-bond acceptors (Lipinski definition) is 5. The van der Waals surface area contributed by atoms with Crippen LogP contribution >= 0.6 is 0 Å². The predicted molar refractivity (Wildman–Crippen MR) is 87.2 cm³/mol. The van der Waals surface area contributed by atoms with E-state index >= 15 is 0 Å². The molecule has 0 unspecified atom stereocenters. The smallest absolute Gasteiger partial charge is 0.241 e. The lowest BCUT2D eigenvalue weighted by atomic mass is 10.3. The molecule has 7 nitrogen and oxygen atoms in total. The van der Waals surface area contributed by atoms with Gasteiger partial charge in [0.05, 0.1) is 25.2 Å². The molecule has 1 amide bonds. The van der Waals surface area contributed by atoms with Gasteiger partial charge in [-0.1, -0.05) is 13.3 Å². The monoisotopic (exact) mass is 344 g/mol. The third-order valence-corrected chi connectivity index (χ3v) is 4.76. The summed E-state index contributed by atoms with van der Waals surface area (Å²) in [6, 6.07) is 3.37. The summed E-state index contributed by atoms with van der Waals surface area (Å²) in [6.07, 6.45) is 1.80. The topological polar surface area (TPSA) is 93.7 Å². The molecule has 0 bridgehead atoms. The van der Waals surface area contributed by atoms with Crippen LogP contribution in [0.15, 0.2) is 23.1 Å². The van der Waals surface area contributed by atoms with Gasteiger partial charge in [-0.3, -0.25) is 4.79 Å². The molecule has 0 fully saturated rings. The molecule has 130 valence electrons. The molecule has 0 aliphatic heterocycles. The number of unbranched alkanes of at least 4 members (excludes halogenated alkanes) is 1. The fraction of sp³-hybridized carbons (Fsp3) is 0.533. The van der Waals surface area contributed by atoms with E-state index in [4.69, 9.17) is 9.47 Å². The Bertz CT molecular complexity index is 631. The van der Waals surface area contributed by atoms with E-state index in [1.807, 2.05) is 6.92 Å². The Balaban J connectivity index is 2.84. The van der Waals surface area contributed by atoms with Crippen LogP contribution in [0, 0.1) is 0 Å². The molecule has 0 spiro atoms. The lowest BCUT2D eigenvalue weighted by molar-refractivity contribution is -0.122. The molecule has 1 aromatic rings. The quantitative estimate of drug-likeness (QED) is 0.658. The highest BCUT2D eigenvalue weighted by atomic mass is 32.2. The second-order valence-electron chi connectivity index (χ2n) is 5.00. The van der Waals surface area contributed by atoms with Crippen molar-refractivity contribution in [2.75, 3.05) is 20.8 Å². The molecule has 0 aromatic heterocycles. The van der Waals surface area contributed by atoms with E-state index in [-0.39, 0.29) is 10.8 Å². The van der Waals surface area contributed by atoms with Crippen molar-refractivity contribution in [2.45, 2.75) is 37.6 Å². The third kappa shape index (κ3) is 5.40. The van der Waals surface area contributed by atoms with Crippen LogP contribution in [0.3, 0.4) is 0 Å². The standard InChI is InChI=1S/C15H24N2O5S/c1-5-6-9-16-15(18)11(2)17-23(19,20)12-7-8-13(21-3)14(10-12)22-4/h7-8,10-11,17H,5-6,9H2,1-4H3,(H,16,18)/t11-/m1/s1. The minimum atomic E-state index is -3.84. The van der Waals surface area contributed by atoms with E-state index in [0.717, 1.165) is 12.8 Å². The number of carbonyl (C=O) groups excluding carboxylic acids is 1. The Morgan fingerprint density at radius 2 is 1.87 bits per heavy atom. The summed E-state index contributed by atoms with van der Waals surface area (Å²) < 4.78 is 37.2. The van der Waals surface area contributed by atoms with Crippen LogP contribution in [-0.4, -0.2) is 41.1 Å². The zero-order valence-electron chi connectivity index (χ0n) is 13.9. The molecule has 0 saturated carbocycles. The summed E-state index contributed by atoms with van der Waals surface area (Å²) in [5.41, 5.74) is 0. The Morgan fingerprint density at radius 1 is 1.22 bits per heavy atom. The van der Waals surface area contributed by atoms with Gasteiger partial charge in [-0.25, -0.2) is 8.42 Å². The van der Waals surface area contributed by atoms with Gasteiger partial charge in [-0.15, -0.1) is 0 Å². The van der Waals surface area contributed by atoms with Crippen molar-refractivity contribution in [3.05, 3.63) is 18.2 Å². The first-order valence-corrected chi connectivity index (χ1v) is 8.86. The Morgan fingerprint density at radius 3 is 2.43 bits per heavy atom. The van der Waals surface area contributed by atoms with Gasteiger partial charge in [0.1, 0.15) is 0 Å². The lowest BCUT2D eigenvalue weighted by Gasteiger charge is -2.15. The van der Waals surface area contributed by atoms with Gasteiger partial charge in [0.2, 0.25) is 15.9 Å². The number of nitrogens with one attached hydrogen (secondary N) is 2. The number of ether oxygens (including phenoxy) is 2. The van der Waals surface area contributed by atoms with E-state index < -0.39 is 16.1 Å². The van der Waals surface area contributed by atoms with Crippen LogP contribution in [0.2, 0.25) is 0 Å². The van der Waals surface area contributed by atoms with Crippen molar-refractivity contribution in [1.29, 1.82) is 0 Å². The maximum atomic E-state index is 12.4. The van der Waals surface area contributed by atoms with Crippen LogP contribution in [0.4, 0.5) is 0 Å². The molecule has 0 aliphatic rings. The third-order valence-electron chi connectivity index (χ3n) is 3.22. The predicted octanol–water partition coefficient (Wildman–Crippen LogP) is 1.29. The molecular formula is C15H24N2O5S. The van der Waals surface area contributed by atoms with Crippen LogP contribution < -0.4 is 19.5 Å². The first kappa shape index (κ1) is 19.2. The summed E-state index contributed by atoms with van der Waals surface area (Å²) in [5.74, 6) is 0.370. The molecule has 0 saturated heterocycles. The van der Waals surface area contributed by atoms with Gasteiger partial charge >= 0.3 is 0 Å². The van der Waals surface area contributed by atoms with Crippen molar-refractivity contribution in [3.8, 4) is 11.5 Å². The van der Waals surface area contributed by atoms with Gasteiger partial charge in [-0.05, 0) is 25.5 Å². The van der Waals surface area contributed by atoms with Crippen LogP contribution in [0.25, 0.3) is 0 Å². The first-order valence-electron chi connectivity index (χ1n) is 7.37. The van der Waals surface area contributed by atoms with E-state index in [1.165, 1.54) is 39.3 Å². The van der Waals surface area contributed by atoms with E-state index in [0.29, 0.717) is 18.0 Å². The number of hydrogen-bond donors (Lipinski definition) is 2. The van der Waals surface area contributed by atoms with Crippen LogP contribution in [0.1, 0.15) is 26.7 Å². The van der Waals surface area contributed by atoms with Gasteiger partial charge < -0.3 is 14.8 Å². The Kier molecular flexibility index (Phi) is 7.31. The summed E-state index contributed by atoms with van der Waals surface area (Å²) in [4.78, 5) is 11.9. The summed E-state index contributed by atoms with van der Waals surface area (Å²) in [5, 5.41) is 2.69. The van der Waals surface area contributed by atoms with Gasteiger partial charge in [0, 0.05) is 12.6 Å². The van der Waals surface area contributed by atoms with Crippen molar-refractivity contribution in [1.82, 2.24) is 10.0 Å². The normalized spacial score (nSPS) is 12.5. The molecule has 0 radical (unpaired) electrons. The zero-order valence-corrected chi connectivity index (χ0v) is 14.7. The van der Waals surface area contributed by atoms with E-state index in [1.54, 1.807) is 0 Å². The number of rotatable bonds is 9. The van der Waals surface area contributed by atoms with Crippen LogP contribution in [0.5, 0.6) is 11.5 Å². The molecule has 8 heteroatoms. The number of amides is 1. The van der Waals surface area contributed by atoms with Crippen molar-refractivity contribution >= 4 is 15.9 Å². The van der Waals surface area contributed by atoms with Gasteiger partial charge in [0.15, 0.2) is 11.5 Å². The largest absolute Gasteiger partial charge is 0.493 e. The second kappa shape index (κ2) is 8.73. The second-order valence-corrected chi connectivity index (χ2v) is 6.72. The fourth-order valence-corrected chi connectivity index (χ4v) is 3.10. The van der Waals surface area contributed by atoms with Crippen molar-refractivity contribution in [3.63, 3.8) is 0 Å². The maximum absolute atomic E-state index is 12.4. The molecule has 23 heavy (non-hydrogen) atoms. The molecule has 1 rings (SSSR count). The molecule has 0 heterocycles. The zero-order chi connectivity index (χ0) is 17.5. The van der Waals surface area contributed by atoms with E-state index in [2.05, 4.69) is 10.0 Å².